The van der Waals surface area contributed by atoms with Crippen molar-refractivity contribution in [3.63, 3.8) is 0 Å². The molecule has 0 rings (SSSR count). The van der Waals surface area contributed by atoms with E-state index in [0.717, 1.165) is 0 Å². The van der Waals surface area contributed by atoms with Crippen LogP contribution in [0, 0.1) is 0 Å². The SMILES string of the molecule is [2H]C(C)OCC. The molecule has 1 nitrogen and oxygen atoms in total. The Morgan fingerprint density at radius 2 is 2.40 bits per heavy atom. The molecule has 5 heavy (non-hydrogen) atoms. The summed E-state index contributed by atoms with van der Waals surface area (Å²) in [5.74, 6) is 0. The molecule has 0 N–H and O–H groups in total. The molecular weight excluding hydrogens is 64.0 g/mol. The highest BCUT2D eigenvalue weighted by Crippen LogP contribution is 1.64. The number of rotatable bonds is 2. The van der Waals surface area contributed by atoms with Crippen LogP contribution in [0.3, 0.4) is 0 Å². The van der Waals surface area contributed by atoms with Gasteiger partial charge in [-0.05, 0) is 13.8 Å². The van der Waals surface area contributed by atoms with Crippen LogP contribution < -0.4 is 0 Å². The second-order valence-electron chi connectivity index (χ2n) is 0.691. The normalized spacial score (nSPS) is 17.6. The summed E-state index contributed by atoms with van der Waals surface area (Å²) in [5, 5.41) is 0. The molecule has 0 aliphatic rings. The minimum Gasteiger partial charge on any atom is -0.382 e. The Labute approximate surface area is 34.4 Å². The lowest BCUT2D eigenvalue weighted by molar-refractivity contribution is 0.162. The van der Waals surface area contributed by atoms with E-state index in [9.17, 15) is 0 Å². The van der Waals surface area contributed by atoms with Gasteiger partial charge in [-0.3, -0.25) is 0 Å². The number of hydrogen-bond donors (Lipinski definition) is 0. The van der Waals surface area contributed by atoms with Crippen LogP contribution in [-0.2, 0) is 4.74 Å². The van der Waals surface area contributed by atoms with Gasteiger partial charge in [-0.25, -0.2) is 0 Å². The van der Waals surface area contributed by atoms with Crippen LogP contribution in [0.4, 0.5) is 0 Å². The molecule has 1 heteroatoms. The van der Waals surface area contributed by atoms with Crippen LogP contribution in [0.2, 0.25) is 0 Å². The van der Waals surface area contributed by atoms with Crippen LogP contribution in [0.5, 0.6) is 0 Å². The van der Waals surface area contributed by atoms with Crippen molar-refractivity contribution in [3.8, 4) is 0 Å². The molecule has 0 aromatic heterocycles. The molecule has 32 valence electrons. The molecule has 1 atom stereocenters. The van der Waals surface area contributed by atoms with E-state index in [1.54, 1.807) is 6.92 Å². The monoisotopic (exact) mass is 75.1 g/mol. The molecule has 0 saturated heterocycles. The van der Waals surface area contributed by atoms with Crippen molar-refractivity contribution in [3.05, 3.63) is 0 Å². The molecule has 0 bridgehead atoms. The van der Waals surface area contributed by atoms with E-state index in [-0.39, 0.29) is 6.58 Å². The minimum atomic E-state index is -0.352. The summed E-state index contributed by atoms with van der Waals surface area (Å²) in [5.41, 5.74) is 0. The van der Waals surface area contributed by atoms with Crippen LogP contribution in [0.25, 0.3) is 0 Å². The lowest BCUT2D eigenvalue weighted by Crippen LogP contribution is -1.84. The van der Waals surface area contributed by atoms with Gasteiger partial charge < -0.3 is 4.74 Å². The first-order chi connectivity index (χ1) is 2.77. The summed E-state index contributed by atoms with van der Waals surface area (Å²) in [4.78, 5) is 0. The molecule has 0 heterocycles. The maximum Gasteiger partial charge on any atom is 0.0564 e. The first kappa shape index (κ1) is 3.16. The Morgan fingerprint density at radius 3 is 2.40 bits per heavy atom. The van der Waals surface area contributed by atoms with E-state index in [0.29, 0.717) is 6.61 Å². The standard InChI is InChI=1S/C4H10O/c1-3-5-4-2/h3-4H2,1-2H3/i3D. The highest BCUT2D eigenvalue weighted by molar-refractivity contribution is 4.07. The summed E-state index contributed by atoms with van der Waals surface area (Å²) in [7, 11) is 0. The quantitative estimate of drug-likeness (QED) is 0.476. The van der Waals surface area contributed by atoms with Crippen LogP contribution in [0.15, 0.2) is 0 Å². The van der Waals surface area contributed by atoms with Gasteiger partial charge in [0.25, 0.3) is 0 Å². The predicted octanol–water partition coefficient (Wildman–Crippen LogP) is 1.04. The Bertz CT molecular complexity index is 28.7. The van der Waals surface area contributed by atoms with Gasteiger partial charge in [-0.1, -0.05) is 0 Å². The summed E-state index contributed by atoms with van der Waals surface area (Å²) in [6.45, 7) is 3.87. The maximum atomic E-state index is 6.76. The highest BCUT2D eigenvalue weighted by atomic mass is 16.5. The lowest BCUT2D eigenvalue weighted by Gasteiger charge is -1.86. The van der Waals surface area contributed by atoms with Crippen molar-refractivity contribution in [1.82, 2.24) is 0 Å². The Hall–Kier alpha value is -0.0400. The zero-order valence-corrected chi connectivity index (χ0v) is 3.69. The molecule has 0 aliphatic carbocycles. The molecule has 0 amide bonds. The molecule has 0 radical (unpaired) electrons. The minimum absolute atomic E-state index is 0.352. The van der Waals surface area contributed by atoms with Crippen LogP contribution in [-0.4, -0.2) is 13.2 Å². The Kier molecular flexibility index (Phi) is 2.50. The van der Waals surface area contributed by atoms with Crippen molar-refractivity contribution >= 4 is 0 Å². The van der Waals surface area contributed by atoms with E-state index >= 15 is 0 Å². The first-order valence-electron chi connectivity index (χ1n) is 2.39. The van der Waals surface area contributed by atoms with Gasteiger partial charge in [0.15, 0.2) is 0 Å². The largest absolute Gasteiger partial charge is 0.382 e. The average molecular weight is 75.1 g/mol. The summed E-state index contributed by atoms with van der Waals surface area (Å²) in [6.07, 6.45) is 0. The average Bonchev–Trinajstić information content (AvgIpc) is 1.35. The fourth-order valence-electron chi connectivity index (χ4n) is 0.167. The van der Waals surface area contributed by atoms with Gasteiger partial charge in [-0.2, -0.15) is 0 Å². The zero-order valence-electron chi connectivity index (χ0n) is 4.69. The van der Waals surface area contributed by atoms with Crippen LogP contribution in [0.1, 0.15) is 15.2 Å². The van der Waals surface area contributed by atoms with Crippen molar-refractivity contribution < 1.29 is 6.11 Å². The summed E-state index contributed by atoms with van der Waals surface area (Å²) in [6, 6.07) is 0. The van der Waals surface area contributed by atoms with E-state index in [1.165, 1.54) is 0 Å². The van der Waals surface area contributed by atoms with E-state index in [4.69, 9.17) is 6.11 Å². The molecular formula is C4H10O. The summed E-state index contributed by atoms with van der Waals surface area (Å²) < 4.78 is 11.5. The van der Waals surface area contributed by atoms with E-state index in [1.807, 2.05) is 6.92 Å². The maximum absolute atomic E-state index is 6.76. The lowest BCUT2D eigenvalue weighted by atomic mass is 10.8. The fourth-order valence-corrected chi connectivity index (χ4v) is 0.167. The fraction of sp³-hybridized carbons (Fsp3) is 1.00. The van der Waals surface area contributed by atoms with Crippen molar-refractivity contribution in [2.75, 3.05) is 13.2 Å². The van der Waals surface area contributed by atoms with Crippen molar-refractivity contribution in [1.29, 1.82) is 0 Å². The van der Waals surface area contributed by atoms with Gasteiger partial charge in [0.2, 0.25) is 0 Å². The molecule has 0 aromatic carbocycles. The molecule has 0 aromatic rings. The topological polar surface area (TPSA) is 9.23 Å². The Balaban J connectivity index is 2.63. The molecule has 0 aliphatic heterocycles. The molecule has 0 saturated carbocycles. The van der Waals surface area contributed by atoms with Crippen LogP contribution >= 0.6 is 0 Å². The second-order valence-corrected chi connectivity index (χ2v) is 0.691. The molecule has 0 fully saturated rings. The van der Waals surface area contributed by atoms with E-state index in [2.05, 4.69) is 0 Å². The van der Waals surface area contributed by atoms with Crippen molar-refractivity contribution in [2.24, 2.45) is 0 Å². The highest BCUT2D eigenvalue weighted by Gasteiger charge is 1.64. The van der Waals surface area contributed by atoms with Gasteiger partial charge in [0.1, 0.15) is 0 Å². The smallest absolute Gasteiger partial charge is 0.0564 e. The number of hydrogen-bond acceptors (Lipinski definition) is 1. The van der Waals surface area contributed by atoms with Crippen molar-refractivity contribution in [2.45, 2.75) is 13.8 Å². The second kappa shape index (κ2) is 3.96. The third-order valence-electron chi connectivity index (χ3n) is 0.333. The zero-order chi connectivity index (χ0) is 4.99. The van der Waals surface area contributed by atoms with Gasteiger partial charge >= 0.3 is 0 Å². The number of ether oxygens (including phenoxy) is 1. The predicted molar refractivity (Wildman–Crippen MR) is 22.2 cm³/mol. The van der Waals surface area contributed by atoms with Gasteiger partial charge in [0, 0.05) is 13.2 Å². The molecule has 0 spiro atoms. The van der Waals surface area contributed by atoms with E-state index < -0.39 is 0 Å². The third kappa shape index (κ3) is 3.96. The van der Waals surface area contributed by atoms with Gasteiger partial charge in [-0.15, -0.1) is 0 Å². The molecule has 1 unspecified atom stereocenters. The summed E-state index contributed by atoms with van der Waals surface area (Å²) >= 11 is 0. The Morgan fingerprint density at radius 1 is 1.80 bits per heavy atom. The third-order valence-corrected chi connectivity index (χ3v) is 0.333. The first-order valence-corrected chi connectivity index (χ1v) is 1.81. The van der Waals surface area contributed by atoms with Gasteiger partial charge in [0.05, 0.1) is 1.37 Å².